The highest BCUT2D eigenvalue weighted by atomic mass is 19.1. The van der Waals surface area contributed by atoms with E-state index in [1.807, 2.05) is 0 Å². The number of rotatable bonds is 1. The highest BCUT2D eigenvalue weighted by Crippen LogP contribution is 2.02. The Bertz CT molecular complexity index is 299. The van der Waals surface area contributed by atoms with Gasteiger partial charge in [0.1, 0.15) is 25.8 Å². The molecule has 0 spiro atoms. The Morgan fingerprint density at radius 1 is 1.36 bits per heavy atom. The van der Waals surface area contributed by atoms with Gasteiger partial charge in [0.05, 0.1) is 0 Å². The van der Waals surface area contributed by atoms with Gasteiger partial charge in [0.15, 0.2) is 0 Å². The highest BCUT2D eigenvalue weighted by Gasteiger charge is 2.04. The van der Waals surface area contributed by atoms with E-state index in [0.717, 1.165) is 6.07 Å². The van der Waals surface area contributed by atoms with E-state index in [1.54, 1.807) is 0 Å². The third-order valence-electron chi connectivity index (χ3n) is 1.25. The van der Waals surface area contributed by atoms with E-state index in [2.05, 4.69) is 0 Å². The summed E-state index contributed by atoms with van der Waals surface area (Å²) < 4.78 is 24.8. The first-order valence-electron chi connectivity index (χ1n) is 2.85. The van der Waals surface area contributed by atoms with Gasteiger partial charge in [-0.3, -0.25) is 4.79 Å². The van der Waals surface area contributed by atoms with Crippen LogP contribution in [0.3, 0.4) is 0 Å². The Balaban J connectivity index is 3.35. The fourth-order valence-electron chi connectivity index (χ4n) is 0.702. The van der Waals surface area contributed by atoms with Crippen LogP contribution in [-0.4, -0.2) is 14.1 Å². The van der Waals surface area contributed by atoms with E-state index in [4.69, 9.17) is 7.85 Å². The predicted molar refractivity (Wildman–Crippen MR) is 37.1 cm³/mol. The summed E-state index contributed by atoms with van der Waals surface area (Å²) in [4.78, 5) is 10.1. The maximum absolute atomic E-state index is 12.5. The third-order valence-corrected chi connectivity index (χ3v) is 1.25. The molecule has 0 aliphatic heterocycles. The van der Waals surface area contributed by atoms with E-state index < -0.39 is 11.6 Å². The number of benzene rings is 1. The molecule has 2 radical (unpaired) electrons. The summed E-state index contributed by atoms with van der Waals surface area (Å²) in [6.07, 6.45) is 0.307. The van der Waals surface area contributed by atoms with Crippen LogP contribution in [0, 0.1) is 11.6 Å². The molecule has 54 valence electrons. The maximum Gasteiger partial charge on any atom is 0.149 e. The summed E-state index contributed by atoms with van der Waals surface area (Å²) in [6.45, 7) is 0. The molecule has 0 aromatic heterocycles. The second-order valence-electron chi connectivity index (χ2n) is 2.01. The lowest BCUT2D eigenvalue weighted by molar-refractivity contribution is 0.112. The molecule has 0 saturated carbocycles. The Morgan fingerprint density at radius 2 is 2.00 bits per heavy atom. The monoisotopic (exact) mass is 152 g/mol. The molecule has 1 aromatic carbocycles. The first kappa shape index (κ1) is 7.92. The van der Waals surface area contributed by atoms with Crippen LogP contribution in [0.15, 0.2) is 12.1 Å². The molecule has 0 bridgehead atoms. The normalized spacial score (nSPS) is 9.64. The van der Waals surface area contributed by atoms with Crippen molar-refractivity contribution in [3.05, 3.63) is 29.3 Å². The number of carbonyl (C=O) groups excluding carboxylic acids is 1. The first-order chi connectivity index (χ1) is 5.15. The Kier molecular flexibility index (Phi) is 2.03. The minimum absolute atomic E-state index is 0.164. The lowest BCUT2D eigenvalue weighted by atomic mass is 9.90. The molecular formula is C7H3BF2O. The van der Waals surface area contributed by atoms with Gasteiger partial charge in [-0.1, -0.05) is 5.46 Å². The molecule has 0 amide bonds. The maximum atomic E-state index is 12.5. The van der Waals surface area contributed by atoms with Gasteiger partial charge in [0.25, 0.3) is 0 Å². The zero-order valence-corrected chi connectivity index (χ0v) is 5.47. The van der Waals surface area contributed by atoms with Crippen molar-refractivity contribution in [3.63, 3.8) is 0 Å². The Hall–Kier alpha value is -1.19. The minimum Gasteiger partial charge on any atom is -0.298 e. The zero-order chi connectivity index (χ0) is 8.43. The van der Waals surface area contributed by atoms with Crippen molar-refractivity contribution in [2.75, 3.05) is 0 Å². The molecule has 1 nitrogen and oxygen atoms in total. The molecule has 1 rings (SSSR count). The van der Waals surface area contributed by atoms with Gasteiger partial charge in [-0.15, -0.1) is 0 Å². The number of hydrogen-bond acceptors (Lipinski definition) is 1. The second kappa shape index (κ2) is 2.82. The van der Waals surface area contributed by atoms with Crippen molar-refractivity contribution in [1.82, 2.24) is 0 Å². The summed E-state index contributed by atoms with van der Waals surface area (Å²) in [6, 6.07) is 1.51. The predicted octanol–water partition coefficient (Wildman–Crippen LogP) is 0.571. The quantitative estimate of drug-likeness (QED) is 0.424. The molecule has 0 unspecified atom stereocenters. The van der Waals surface area contributed by atoms with Crippen LogP contribution in [0.2, 0.25) is 0 Å². The van der Waals surface area contributed by atoms with E-state index in [1.165, 1.54) is 0 Å². The number of carbonyl (C=O) groups is 1. The molecule has 0 aliphatic rings. The highest BCUT2D eigenvalue weighted by molar-refractivity contribution is 6.35. The van der Waals surface area contributed by atoms with Crippen molar-refractivity contribution < 1.29 is 13.6 Å². The van der Waals surface area contributed by atoms with Gasteiger partial charge in [-0.2, -0.15) is 0 Å². The fourth-order valence-corrected chi connectivity index (χ4v) is 0.702. The van der Waals surface area contributed by atoms with Gasteiger partial charge in [-0.25, -0.2) is 8.78 Å². The second-order valence-corrected chi connectivity index (χ2v) is 2.01. The molecule has 0 N–H and O–H groups in total. The summed E-state index contributed by atoms with van der Waals surface area (Å²) in [5.74, 6) is -1.72. The molecule has 0 heterocycles. The molecule has 0 fully saturated rings. The average Bonchev–Trinajstić information content (AvgIpc) is 1.96. The van der Waals surface area contributed by atoms with Crippen LogP contribution in [0.25, 0.3) is 0 Å². The zero-order valence-electron chi connectivity index (χ0n) is 5.47. The molecule has 1 aromatic rings. The summed E-state index contributed by atoms with van der Waals surface area (Å²) >= 11 is 0. The smallest absolute Gasteiger partial charge is 0.149 e. The molecular weight excluding hydrogens is 149 g/mol. The van der Waals surface area contributed by atoms with Crippen molar-refractivity contribution in [1.29, 1.82) is 0 Å². The molecule has 0 atom stereocenters. The number of halogens is 2. The number of hydrogen-bond donors (Lipinski definition) is 0. The molecule has 0 aliphatic carbocycles. The van der Waals surface area contributed by atoms with Gasteiger partial charge >= 0.3 is 0 Å². The van der Waals surface area contributed by atoms with Gasteiger partial charge in [0.2, 0.25) is 0 Å². The van der Waals surface area contributed by atoms with Crippen LogP contribution < -0.4 is 5.46 Å². The van der Waals surface area contributed by atoms with E-state index >= 15 is 0 Å². The SMILES string of the molecule is [B]c1c(F)cc(F)cc1C=O. The average molecular weight is 152 g/mol. The Labute approximate surface area is 63.4 Å². The first-order valence-corrected chi connectivity index (χ1v) is 2.85. The van der Waals surface area contributed by atoms with Gasteiger partial charge in [-0.05, 0) is 6.07 Å². The van der Waals surface area contributed by atoms with Crippen molar-refractivity contribution in [3.8, 4) is 0 Å². The third kappa shape index (κ3) is 1.45. The van der Waals surface area contributed by atoms with Crippen LogP contribution in [0.5, 0.6) is 0 Å². The Morgan fingerprint density at radius 3 is 2.55 bits per heavy atom. The lowest BCUT2D eigenvalue weighted by Gasteiger charge is -1.99. The largest absolute Gasteiger partial charge is 0.298 e. The van der Waals surface area contributed by atoms with Crippen LogP contribution in [-0.2, 0) is 0 Å². The van der Waals surface area contributed by atoms with Crippen LogP contribution >= 0.6 is 0 Å². The summed E-state index contributed by atoms with van der Waals surface area (Å²) in [5, 5.41) is 0. The molecule has 0 saturated heterocycles. The minimum atomic E-state index is -0.910. The summed E-state index contributed by atoms with van der Waals surface area (Å²) in [5.41, 5.74) is -0.482. The summed E-state index contributed by atoms with van der Waals surface area (Å²) in [7, 11) is 5.09. The number of aldehydes is 1. The van der Waals surface area contributed by atoms with E-state index in [-0.39, 0.29) is 11.0 Å². The standard InChI is InChI=1S/C7H3BF2O/c8-7-4(3-11)1-5(9)2-6(7)10/h1-3H. The van der Waals surface area contributed by atoms with Crippen LogP contribution in [0.4, 0.5) is 8.78 Å². The molecule has 11 heavy (non-hydrogen) atoms. The van der Waals surface area contributed by atoms with Crippen molar-refractivity contribution >= 4 is 19.6 Å². The van der Waals surface area contributed by atoms with Gasteiger partial charge in [0, 0.05) is 11.6 Å². The van der Waals surface area contributed by atoms with Gasteiger partial charge < -0.3 is 0 Å². The van der Waals surface area contributed by atoms with E-state index in [9.17, 15) is 13.6 Å². The lowest BCUT2D eigenvalue weighted by Crippen LogP contribution is -2.15. The fraction of sp³-hybridized carbons (Fsp3) is 0. The van der Waals surface area contributed by atoms with Crippen LogP contribution in [0.1, 0.15) is 10.4 Å². The van der Waals surface area contributed by atoms with Crippen molar-refractivity contribution in [2.45, 2.75) is 0 Å². The topological polar surface area (TPSA) is 17.1 Å². The van der Waals surface area contributed by atoms with E-state index in [0.29, 0.717) is 12.4 Å². The van der Waals surface area contributed by atoms with Crippen molar-refractivity contribution in [2.24, 2.45) is 0 Å². The molecule has 4 heteroatoms.